The number of aromatic amines is 1. The van der Waals surface area contributed by atoms with Crippen LogP contribution < -0.4 is 0 Å². The molecule has 0 saturated heterocycles. The smallest absolute Gasteiger partial charge is 0.144 e. The number of nitrogens with zero attached hydrogens (tertiary/aromatic N) is 1. The molecular formula is C16H19BrN2S2. The number of thioether (sulfide) groups is 1. The van der Waals surface area contributed by atoms with Crippen molar-refractivity contribution in [2.24, 2.45) is 0 Å². The minimum atomic E-state index is -0.00138. The highest BCUT2D eigenvalue weighted by atomic mass is 79.9. The summed E-state index contributed by atoms with van der Waals surface area (Å²) in [6.07, 6.45) is 0. The first-order chi connectivity index (χ1) is 9.77. The molecule has 1 aromatic heterocycles. The third-order valence-electron chi connectivity index (χ3n) is 3.06. The highest BCUT2D eigenvalue weighted by molar-refractivity contribution is 9.10. The van der Waals surface area contributed by atoms with E-state index in [1.807, 2.05) is 0 Å². The van der Waals surface area contributed by atoms with E-state index < -0.39 is 0 Å². The average Bonchev–Trinajstić information content (AvgIpc) is 2.40. The summed E-state index contributed by atoms with van der Waals surface area (Å²) in [5.41, 5.74) is 2.37. The maximum atomic E-state index is 5.36. The summed E-state index contributed by atoms with van der Waals surface area (Å²) in [5.74, 6) is 1.70. The van der Waals surface area contributed by atoms with Gasteiger partial charge in [0.05, 0.1) is 10.2 Å². The van der Waals surface area contributed by atoms with Gasteiger partial charge in [0, 0.05) is 16.0 Å². The van der Waals surface area contributed by atoms with Gasteiger partial charge in [0.1, 0.15) is 10.5 Å². The Morgan fingerprint density at radius 2 is 1.86 bits per heavy atom. The average molecular weight is 383 g/mol. The number of H-pyrrole nitrogens is 1. The second-order valence-electron chi connectivity index (χ2n) is 6.03. The number of hydrogen-bond donors (Lipinski definition) is 1. The highest BCUT2D eigenvalue weighted by Crippen LogP contribution is 2.29. The lowest BCUT2D eigenvalue weighted by atomic mass is 9.92. The molecule has 0 spiro atoms. The monoisotopic (exact) mass is 382 g/mol. The Bertz CT molecular complexity index is 685. The van der Waals surface area contributed by atoms with Crippen LogP contribution in [0.1, 0.15) is 37.9 Å². The molecule has 1 heterocycles. The van der Waals surface area contributed by atoms with Crippen molar-refractivity contribution in [1.29, 1.82) is 0 Å². The summed E-state index contributed by atoms with van der Waals surface area (Å²) in [4.78, 5) is 9.14. The van der Waals surface area contributed by atoms with Crippen molar-refractivity contribution < 1.29 is 0 Å². The van der Waals surface area contributed by atoms with Crippen LogP contribution >= 0.6 is 39.9 Å². The Labute approximate surface area is 143 Å². The normalized spacial score (nSPS) is 11.7. The van der Waals surface area contributed by atoms with Crippen molar-refractivity contribution >= 4 is 39.9 Å². The van der Waals surface area contributed by atoms with Crippen LogP contribution in [0.5, 0.6) is 0 Å². The number of hydrogen-bond acceptors (Lipinski definition) is 3. The zero-order chi connectivity index (χ0) is 15.6. The maximum Gasteiger partial charge on any atom is 0.144 e. The molecule has 2 aromatic rings. The molecule has 2 nitrogen and oxygen atoms in total. The van der Waals surface area contributed by atoms with E-state index in [1.165, 1.54) is 10.5 Å². The first kappa shape index (κ1) is 16.7. The lowest BCUT2D eigenvalue weighted by Gasteiger charge is -2.21. The van der Waals surface area contributed by atoms with E-state index in [2.05, 4.69) is 77.9 Å². The van der Waals surface area contributed by atoms with Crippen molar-refractivity contribution in [2.75, 3.05) is 0 Å². The van der Waals surface area contributed by atoms with Gasteiger partial charge in [-0.3, -0.25) is 0 Å². The molecule has 0 aliphatic carbocycles. The van der Waals surface area contributed by atoms with Gasteiger partial charge in [-0.15, -0.1) is 11.8 Å². The Balaban J connectivity index is 2.23. The first-order valence-electron chi connectivity index (χ1n) is 6.76. The van der Waals surface area contributed by atoms with Gasteiger partial charge in [-0.25, -0.2) is 4.98 Å². The summed E-state index contributed by atoms with van der Waals surface area (Å²) < 4.78 is 1.52. The standard InChI is InChI=1S/C16H19BrN2S2/c1-10-5-7-11(8-6-10)21-9-12-18-14(16(2,3)4)13(17)15(20)19-12/h5-8H,9H2,1-4H3,(H,18,19,20). The summed E-state index contributed by atoms with van der Waals surface area (Å²) in [6, 6.07) is 8.52. The van der Waals surface area contributed by atoms with Crippen LogP contribution in [0, 0.1) is 11.6 Å². The topological polar surface area (TPSA) is 28.7 Å². The van der Waals surface area contributed by atoms with E-state index in [0.717, 1.165) is 21.7 Å². The van der Waals surface area contributed by atoms with Crippen molar-refractivity contribution in [3.05, 3.63) is 50.5 Å². The van der Waals surface area contributed by atoms with E-state index in [1.54, 1.807) is 11.8 Å². The van der Waals surface area contributed by atoms with Crippen LogP contribution in [0.15, 0.2) is 33.6 Å². The molecule has 5 heteroatoms. The Kier molecular flexibility index (Phi) is 5.28. The molecule has 21 heavy (non-hydrogen) atoms. The van der Waals surface area contributed by atoms with Crippen LogP contribution in [0.4, 0.5) is 0 Å². The van der Waals surface area contributed by atoms with Gasteiger partial charge in [-0.2, -0.15) is 0 Å². The Morgan fingerprint density at radius 3 is 2.43 bits per heavy atom. The van der Waals surface area contributed by atoms with Gasteiger partial charge in [-0.05, 0) is 35.0 Å². The summed E-state index contributed by atoms with van der Waals surface area (Å²) in [5, 5.41) is 0. The summed E-state index contributed by atoms with van der Waals surface area (Å²) >= 11 is 10.7. The lowest BCUT2D eigenvalue weighted by Crippen LogP contribution is -2.16. The molecule has 0 fully saturated rings. The molecule has 0 atom stereocenters. The summed E-state index contributed by atoms with van der Waals surface area (Å²) in [6.45, 7) is 8.58. The molecule has 0 amide bonds. The highest BCUT2D eigenvalue weighted by Gasteiger charge is 2.20. The molecule has 0 radical (unpaired) electrons. The fraction of sp³-hybridized carbons (Fsp3) is 0.375. The molecule has 0 aliphatic rings. The molecule has 0 aliphatic heterocycles. The number of aromatic nitrogens is 2. The van der Waals surface area contributed by atoms with Crippen molar-refractivity contribution in [3.8, 4) is 0 Å². The van der Waals surface area contributed by atoms with E-state index in [-0.39, 0.29) is 5.41 Å². The van der Waals surface area contributed by atoms with Gasteiger partial charge < -0.3 is 4.98 Å². The largest absolute Gasteiger partial charge is 0.345 e. The van der Waals surface area contributed by atoms with Crippen LogP contribution in [-0.4, -0.2) is 9.97 Å². The van der Waals surface area contributed by atoms with Gasteiger partial charge in [0.15, 0.2) is 0 Å². The van der Waals surface area contributed by atoms with Crippen LogP contribution in [-0.2, 0) is 11.2 Å². The zero-order valence-electron chi connectivity index (χ0n) is 12.7. The van der Waals surface area contributed by atoms with E-state index >= 15 is 0 Å². The predicted octanol–water partition coefficient (Wildman–Crippen LogP) is 5.80. The van der Waals surface area contributed by atoms with Gasteiger partial charge in [0.2, 0.25) is 0 Å². The first-order valence-corrected chi connectivity index (χ1v) is 8.94. The second-order valence-corrected chi connectivity index (χ2v) is 8.26. The van der Waals surface area contributed by atoms with E-state index in [4.69, 9.17) is 12.2 Å². The molecule has 0 unspecified atom stereocenters. The number of rotatable bonds is 3. The van der Waals surface area contributed by atoms with E-state index in [9.17, 15) is 0 Å². The molecule has 0 saturated carbocycles. The minimum absolute atomic E-state index is 0.00138. The number of aryl methyl sites for hydroxylation is 1. The Morgan fingerprint density at radius 1 is 1.24 bits per heavy atom. The number of benzene rings is 1. The van der Waals surface area contributed by atoms with Gasteiger partial charge >= 0.3 is 0 Å². The number of halogens is 1. The predicted molar refractivity (Wildman–Crippen MR) is 96.6 cm³/mol. The second kappa shape index (κ2) is 6.63. The quantitative estimate of drug-likeness (QED) is 0.536. The molecule has 2 rings (SSSR count). The molecule has 1 aromatic carbocycles. The Hall–Kier alpha value is -0.650. The lowest BCUT2D eigenvalue weighted by molar-refractivity contribution is 0.559. The molecule has 112 valence electrons. The van der Waals surface area contributed by atoms with Gasteiger partial charge in [-0.1, -0.05) is 50.7 Å². The molecule has 1 N–H and O–H groups in total. The van der Waals surface area contributed by atoms with Crippen molar-refractivity contribution in [1.82, 2.24) is 9.97 Å². The van der Waals surface area contributed by atoms with Crippen LogP contribution in [0.2, 0.25) is 0 Å². The van der Waals surface area contributed by atoms with Gasteiger partial charge in [0.25, 0.3) is 0 Å². The van der Waals surface area contributed by atoms with Crippen LogP contribution in [0.3, 0.4) is 0 Å². The minimum Gasteiger partial charge on any atom is -0.345 e. The zero-order valence-corrected chi connectivity index (χ0v) is 15.9. The summed E-state index contributed by atoms with van der Waals surface area (Å²) in [7, 11) is 0. The fourth-order valence-corrected chi connectivity index (χ4v) is 3.64. The van der Waals surface area contributed by atoms with Crippen molar-refractivity contribution in [3.63, 3.8) is 0 Å². The fourth-order valence-electron chi connectivity index (χ4n) is 1.88. The van der Waals surface area contributed by atoms with Crippen LogP contribution in [0.25, 0.3) is 0 Å². The molecule has 0 bridgehead atoms. The van der Waals surface area contributed by atoms with E-state index in [0.29, 0.717) is 4.64 Å². The van der Waals surface area contributed by atoms with Crippen molar-refractivity contribution in [2.45, 2.75) is 43.8 Å². The number of nitrogens with one attached hydrogen (secondary N) is 1. The third kappa shape index (κ3) is 4.41. The molecular weight excluding hydrogens is 364 g/mol. The third-order valence-corrected chi connectivity index (χ3v) is 5.41. The maximum absolute atomic E-state index is 5.36. The SMILES string of the molecule is Cc1ccc(SCc2nc(=S)c(Br)c(C(C)(C)C)[nH]2)cc1.